The summed E-state index contributed by atoms with van der Waals surface area (Å²) < 4.78 is 0. The summed E-state index contributed by atoms with van der Waals surface area (Å²) in [6.07, 6.45) is 7.90. The van der Waals surface area contributed by atoms with Gasteiger partial charge < -0.3 is 5.32 Å². The van der Waals surface area contributed by atoms with E-state index in [0.29, 0.717) is 18.0 Å². The summed E-state index contributed by atoms with van der Waals surface area (Å²) in [6.45, 7) is 10.1. The molecule has 0 aromatic carbocycles. The maximum atomic E-state index is 5.46. The van der Waals surface area contributed by atoms with Gasteiger partial charge in [0.1, 0.15) is 0 Å². The molecule has 15 heavy (non-hydrogen) atoms. The highest BCUT2D eigenvalue weighted by Gasteiger charge is 2.27. The van der Waals surface area contributed by atoms with Crippen molar-refractivity contribution in [3.05, 3.63) is 0 Å². The zero-order valence-corrected chi connectivity index (χ0v) is 10.3. The standard InChI is InChI=1S/C13H24N2/c1-5-8-14-13-7-9-15(10-11(13)3)12(4)6-2/h2,11-14H,5,7-10H2,1,3-4H3. The zero-order valence-electron chi connectivity index (χ0n) is 10.3. The molecule has 2 heteroatoms. The SMILES string of the molecule is C#CC(C)N1CCC(NCCC)C(C)C1. The maximum absolute atomic E-state index is 5.46. The van der Waals surface area contributed by atoms with Crippen LogP contribution in [0.4, 0.5) is 0 Å². The molecule has 1 fully saturated rings. The molecule has 0 bridgehead atoms. The molecule has 2 nitrogen and oxygen atoms in total. The molecule has 3 unspecified atom stereocenters. The monoisotopic (exact) mass is 208 g/mol. The average molecular weight is 208 g/mol. The van der Waals surface area contributed by atoms with E-state index >= 15 is 0 Å². The Balaban J connectivity index is 2.38. The van der Waals surface area contributed by atoms with Crippen molar-refractivity contribution in [1.29, 1.82) is 0 Å². The van der Waals surface area contributed by atoms with E-state index in [1.54, 1.807) is 0 Å². The van der Waals surface area contributed by atoms with Crippen molar-refractivity contribution in [3.8, 4) is 12.3 Å². The Hall–Kier alpha value is -0.520. The van der Waals surface area contributed by atoms with Gasteiger partial charge in [-0.15, -0.1) is 6.42 Å². The van der Waals surface area contributed by atoms with Gasteiger partial charge >= 0.3 is 0 Å². The van der Waals surface area contributed by atoms with Crippen LogP contribution in [-0.4, -0.2) is 36.6 Å². The molecule has 0 aromatic heterocycles. The molecule has 0 aliphatic carbocycles. The van der Waals surface area contributed by atoms with Crippen LogP contribution in [-0.2, 0) is 0 Å². The van der Waals surface area contributed by atoms with E-state index in [4.69, 9.17) is 6.42 Å². The first-order chi connectivity index (χ1) is 7.19. The van der Waals surface area contributed by atoms with Crippen molar-refractivity contribution in [2.45, 2.75) is 45.7 Å². The Morgan fingerprint density at radius 3 is 2.87 bits per heavy atom. The molecular formula is C13H24N2. The van der Waals surface area contributed by atoms with Crippen LogP contribution in [0.1, 0.15) is 33.6 Å². The van der Waals surface area contributed by atoms with Gasteiger partial charge in [-0.05, 0) is 32.2 Å². The van der Waals surface area contributed by atoms with E-state index in [-0.39, 0.29) is 0 Å². The van der Waals surface area contributed by atoms with Crippen molar-refractivity contribution >= 4 is 0 Å². The molecule has 0 saturated carbocycles. The molecule has 3 atom stereocenters. The van der Waals surface area contributed by atoms with Crippen molar-refractivity contribution < 1.29 is 0 Å². The lowest BCUT2D eigenvalue weighted by Gasteiger charge is -2.39. The Morgan fingerprint density at radius 1 is 1.60 bits per heavy atom. The van der Waals surface area contributed by atoms with Crippen LogP contribution in [0.25, 0.3) is 0 Å². The lowest BCUT2D eigenvalue weighted by Crippen LogP contribution is -2.50. The van der Waals surface area contributed by atoms with Crippen molar-refractivity contribution in [3.63, 3.8) is 0 Å². The lowest BCUT2D eigenvalue weighted by atomic mass is 9.93. The molecule has 1 saturated heterocycles. The third kappa shape index (κ3) is 3.52. The second-order valence-corrected chi connectivity index (χ2v) is 4.66. The van der Waals surface area contributed by atoms with Crippen LogP contribution in [0.2, 0.25) is 0 Å². The largest absolute Gasteiger partial charge is 0.314 e. The lowest BCUT2D eigenvalue weighted by molar-refractivity contribution is 0.132. The van der Waals surface area contributed by atoms with Crippen LogP contribution in [0.3, 0.4) is 0 Å². The number of nitrogens with zero attached hydrogens (tertiary/aromatic N) is 1. The molecule has 1 rings (SSSR count). The second-order valence-electron chi connectivity index (χ2n) is 4.66. The number of terminal acetylenes is 1. The van der Waals surface area contributed by atoms with Gasteiger partial charge in [0.25, 0.3) is 0 Å². The summed E-state index contributed by atoms with van der Waals surface area (Å²) in [7, 11) is 0. The Bertz CT molecular complexity index is 219. The number of hydrogen-bond donors (Lipinski definition) is 1. The highest BCUT2D eigenvalue weighted by atomic mass is 15.2. The minimum Gasteiger partial charge on any atom is -0.314 e. The number of piperidine rings is 1. The predicted molar refractivity (Wildman–Crippen MR) is 65.7 cm³/mol. The number of likely N-dealkylation sites (tertiary alicyclic amines) is 1. The Labute approximate surface area is 94.4 Å². The molecule has 1 N–H and O–H groups in total. The number of nitrogens with one attached hydrogen (secondary N) is 1. The van der Waals surface area contributed by atoms with Crippen molar-refractivity contribution in [2.24, 2.45) is 5.92 Å². The minimum atomic E-state index is 0.291. The van der Waals surface area contributed by atoms with E-state index in [2.05, 4.69) is 36.9 Å². The fourth-order valence-corrected chi connectivity index (χ4v) is 2.27. The van der Waals surface area contributed by atoms with E-state index in [9.17, 15) is 0 Å². The third-order valence-corrected chi connectivity index (χ3v) is 3.38. The van der Waals surface area contributed by atoms with Gasteiger partial charge in [0.05, 0.1) is 6.04 Å². The highest BCUT2D eigenvalue weighted by Crippen LogP contribution is 2.18. The maximum Gasteiger partial charge on any atom is 0.0683 e. The third-order valence-electron chi connectivity index (χ3n) is 3.38. The summed E-state index contributed by atoms with van der Waals surface area (Å²) in [4.78, 5) is 2.41. The van der Waals surface area contributed by atoms with E-state index < -0.39 is 0 Å². The first kappa shape index (κ1) is 12.5. The first-order valence-corrected chi connectivity index (χ1v) is 6.12. The van der Waals surface area contributed by atoms with E-state index in [1.807, 2.05) is 0 Å². The van der Waals surface area contributed by atoms with Gasteiger partial charge in [0.15, 0.2) is 0 Å². The van der Waals surface area contributed by atoms with Crippen LogP contribution in [0.15, 0.2) is 0 Å². The number of rotatable bonds is 4. The first-order valence-electron chi connectivity index (χ1n) is 6.12. The van der Waals surface area contributed by atoms with Crippen LogP contribution >= 0.6 is 0 Å². The molecule has 0 spiro atoms. The predicted octanol–water partition coefficient (Wildman–Crippen LogP) is 1.72. The van der Waals surface area contributed by atoms with Crippen LogP contribution < -0.4 is 5.32 Å². The Kier molecular flexibility index (Phi) is 5.14. The summed E-state index contributed by atoms with van der Waals surface area (Å²) in [6, 6.07) is 0.978. The molecule has 1 aliphatic heterocycles. The zero-order chi connectivity index (χ0) is 11.3. The van der Waals surface area contributed by atoms with Gasteiger partial charge in [-0.3, -0.25) is 4.90 Å². The summed E-state index contributed by atoms with van der Waals surface area (Å²) >= 11 is 0. The quantitative estimate of drug-likeness (QED) is 0.708. The smallest absolute Gasteiger partial charge is 0.0683 e. The molecular weight excluding hydrogens is 184 g/mol. The van der Waals surface area contributed by atoms with Gasteiger partial charge in [0.2, 0.25) is 0 Å². The summed E-state index contributed by atoms with van der Waals surface area (Å²) in [5.41, 5.74) is 0. The van der Waals surface area contributed by atoms with Gasteiger partial charge in [-0.1, -0.05) is 19.8 Å². The molecule has 1 heterocycles. The van der Waals surface area contributed by atoms with Crippen LogP contribution in [0.5, 0.6) is 0 Å². The van der Waals surface area contributed by atoms with Gasteiger partial charge in [-0.25, -0.2) is 0 Å². The minimum absolute atomic E-state index is 0.291. The average Bonchev–Trinajstić information content (AvgIpc) is 2.26. The highest BCUT2D eigenvalue weighted by molar-refractivity contribution is 4.99. The second kappa shape index (κ2) is 6.15. The molecule has 0 aromatic rings. The fourth-order valence-electron chi connectivity index (χ4n) is 2.27. The summed E-state index contributed by atoms with van der Waals surface area (Å²) in [5.74, 6) is 3.53. The normalized spacial score (nSPS) is 29.7. The molecule has 1 aliphatic rings. The number of hydrogen-bond acceptors (Lipinski definition) is 2. The van der Waals surface area contributed by atoms with Gasteiger partial charge in [0, 0.05) is 19.1 Å². The van der Waals surface area contributed by atoms with E-state index in [1.165, 1.54) is 12.8 Å². The van der Waals surface area contributed by atoms with E-state index in [0.717, 1.165) is 19.6 Å². The van der Waals surface area contributed by atoms with Crippen molar-refractivity contribution in [2.75, 3.05) is 19.6 Å². The van der Waals surface area contributed by atoms with Crippen molar-refractivity contribution in [1.82, 2.24) is 10.2 Å². The molecule has 86 valence electrons. The van der Waals surface area contributed by atoms with Gasteiger partial charge in [-0.2, -0.15) is 0 Å². The topological polar surface area (TPSA) is 15.3 Å². The molecule has 0 amide bonds. The summed E-state index contributed by atoms with van der Waals surface area (Å²) in [5, 5.41) is 3.62. The molecule has 0 radical (unpaired) electrons. The van der Waals surface area contributed by atoms with Crippen LogP contribution in [0, 0.1) is 18.3 Å². The Morgan fingerprint density at radius 2 is 2.33 bits per heavy atom. The fraction of sp³-hybridized carbons (Fsp3) is 0.846.